The normalized spacial score (nSPS) is 28.0. The molecule has 0 bridgehead atoms. The Morgan fingerprint density at radius 3 is 1.69 bits per heavy atom. The average molecular weight is 776 g/mol. The first-order valence-corrected chi connectivity index (χ1v) is 21.2. The van der Waals surface area contributed by atoms with E-state index in [0.717, 1.165) is 39.0 Å². The molecule has 0 aromatic heterocycles. The second kappa shape index (κ2) is 16.8. The van der Waals surface area contributed by atoms with Gasteiger partial charge in [0, 0.05) is 116 Å². The van der Waals surface area contributed by atoms with Crippen LogP contribution in [0.25, 0.3) is 0 Å². The highest BCUT2D eigenvalue weighted by molar-refractivity contribution is 5.76. The van der Waals surface area contributed by atoms with Gasteiger partial charge >= 0.3 is 18.1 Å². The maximum atomic E-state index is 14.0. The summed E-state index contributed by atoms with van der Waals surface area (Å²) in [5.41, 5.74) is -1.00. The highest BCUT2D eigenvalue weighted by atomic mass is 16.6. The zero-order valence-corrected chi connectivity index (χ0v) is 37.1. The highest BCUT2D eigenvalue weighted by Gasteiger charge is 2.59. The number of carbonyl (C=O) groups excluding carboxylic acids is 3. The molecule has 0 aromatic rings. The summed E-state index contributed by atoms with van der Waals surface area (Å²) in [5.74, 6) is 0.356. The molecule has 2 spiro atoms. The molecular weight excluding hydrogens is 699 g/mol. The van der Waals surface area contributed by atoms with Gasteiger partial charge in [-0.1, -0.05) is 6.92 Å². The molecular formula is C41H77N9O5. The number of hydrogen-bond donors (Lipinski definition) is 0. The van der Waals surface area contributed by atoms with Gasteiger partial charge in [0.2, 0.25) is 0 Å². The van der Waals surface area contributed by atoms with E-state index in [9.17, 15) is 14.4 Å². The third-order valence-corrected chi connectivity index (χ3v) is 13.8. The van der Waals surface area contributed by atoms with Crippen molar-refractivity contribution in [2.75, 3.05) is 87.1 Å². The molecule has 6 amide bonds. The van der Waals surface area contributed by atoms with Gasteiger partial charge in [0.1, 0.15) is 5.60 Å². The van der Waals surface area contributed by atoms with Crippen LogP contribution in [0.1, 0.15) is 89.0 Å². The third kappa shape index (κ3) is 9.03. The van der Waals surface area contributed by atoms with E-state index < -0.39 is 5.72 Å². The summed E-state index contributed by atoms with van der Waals surface area (Å²) in [6.45, 7) is 30.0. The van der Waals surface area contributed by atoms with E-state index >= 15 is 0 Å². The maximum absolute atomic E-state index is 14.0. The molecule has 316 valence electrons. The Balaban J connectivity index is 1.23. The van der Waals surface area contributed by atoms with Gasteiger partial charge in [0.15, 0.2) is 5.72 Å². The van der Waals surface area contributed by atoms with Crippen molar-refractivity contribution >= 4 is 18.1 Å². The molecule has 0 saturated carbocycles. The Bertz CT molecular complexity index is 1350. The van der Waals surface area contributed by atoms with E-state index in [2.05, 4.69) is 63.2 Å². The number of amides is 6. The van der Waals surface area contributed by atoms with Crippen LogP contribution >= 0.6 is 0 Å². The Morgan fingerprint density at radius 1 is 0.618 bits per heavy atom. The van der Waals surface area contributed by atoms with Crippen LogP contribution in [0.2, 0.25) is 0 Å². The molecule has 5 rings (SSSR count). The lowest BCUT2D eigenvalue weighted by atomic mass is 9.88. The standard InChI is InChI=1S/C41H77N9O5/c1-27(2)42(12)37(51)45(15)36-21-46(18-31(36)9)32(10)16-35-20-50(39(53)44(14)29(5)6)41(55-35)25-49(26-41)33(11)17-34-19-47(38(52)43(13)28(3)4)22-40(54-34)23-48(24-40)30(7)8/h27-36H,16-26H2,1-15H3. The van der Waals surface area contributed by atoms with E-state index in [1.165, 1.54) is 0 Å². The number of likely N-dealkylation sites (N-methyl/N-ethyl adjacent to an activating group) is 1. The molecule has 0 aliphatic carbocycles. The number of rotatable bonds is 11. The SMILES string of the molecule is CC1CN(C(C)CC2CN(C(=O)N(C)C(C)C)C3(CN(C(C)CC4CN(C(=O)N(C)C(C)C)CC5(CN(C(C)C)C5)O4)C3)O2)CC1N(C)C(=O)N(C)C(C)C. The molecule has 55 heavy (non-hydrogen) atoms. The van der Waals surface area contributed by atoms with Crippen molar-refractivity contribution in [1.82, 2.24) is 44.1 Å². The van der Waals surface area contributed by atoms with Crippen LogP contribution in [0.5, 0.6) is 0 Å². The number of ether oxygens (including phenoxy) is 2. The van der Waals surface area contributed by atoms with E-state index in [0.29, 0.717) is 44.7 Å². The van der Waals surface area contributed by atoms with E-state index in [-0.39, 0.29) is 72.2 Å². The van der Waals surface area contributed by atoms with Crippen LogP contribution in [-0.4, -0.2) is 215 Å². The smallest absolute Gasteiger partial charge is 0.322 e. The summed E-state index contributed by atoms with van der Waals surface area (Å²) < 4.78 is 13.9. The second-order valence-electron chi connectivity index (χ2n) is 19.2. The van der Waals surface area contributed by atoms with Gasteiger partial charge in [-0.25, -0.2) is 14.4 Å². The van der Waals surface area contributed by atoms with Crippen molar-refractivity contribution in [2.24, 2.45) is 5.92 Å². The second-order valence-corrected chi connectivity index (χ2v) is 19.2. The average Bonchev–Trinajstić information content (AvgIpc) is 3.67. The molecule has 0 radical (unpaired) electrons. The zero-order valence-electron chi connectivity index (χ0n) is 37.1. The summed E-state index contributed by atoms with van der Waals surface area (Å²) in [4.78, 5) is 59.6. The maximum Gasteiger partial charge on any atom is 0.322 e. The van der Waals surface area contributed by atoms with Crippen LogP contribution in [0.15, 0.2) is 0 Å². The number of carbonyl (C=O) groups is 3. The molecule has 5 aliphatic heterocycles. The number of urea groups is 3. The monoisotopic (exact) mass is 776 g/mol. The molecule has 0 aromatic carbocycles. The van der Waals surface area contributed by atoms with Gasteiger partial charge in [0.05, 0.1) is 25.3 Å². The van der Waals surface area contributed by atoms with Crippen LogP contribution in [-0.2, 0) is 9.47 Å². The van der Waals surface area contributed by atoms with Crippen molar-refractivity contribution in [3.05, 3.63) is 0 Å². The lowest BCUT2D eigenvalue weighted by Crippen LogP contribution is -2.74. The lowest BCUT2D eigenvalue weighted by Gasteiger charge is -2.58. The van der Waals surface area contributed by atoms with Crippen LogP contribution in [0.4, 0.5) is 14.4 Å². The Labute approximate surface area is 333 Å². The zero-order chi connectivity index (χ0) is 40.9. The molecule has 5 fully saturated rings. The topological polar surface area (TPSA) is 98.8 Å². The van der Waals surface area contributed by atoms with E-state index in [1.54, 1.807) is 0 Å². The van der Waals surface area contributed by atoms with E-state index in [4.69, 9.17) is 9.47 Å². The first-order valence-electron chi connectivity index (χ1n) is 21.2. The summed E-state index contributed by atoms with van der Waals surface area (Å²) >= 11 is 0. The van der Waals surface area contributed by atoms with Crippen LogP contribution in [0, 0.1) is 5.92 Å². The van der Waals surface area contributed by atoms with Crippen molar-refractivity contribution in [2.45, 2.75) is 155 Å². The largest absolute Gasteiger partial charge is 0.365 e. The Morgan fingerprint density at radius 2 is 1.15 bits per heavy atom. The highest BCUT2D eigenvalue weighted by Crippen LogP contribution is 2.41. The molecule has 0 N–H and O–H groups in total. The summed E-state index contributed by atoms with van der Waals surface area (Å²) in [7, 11) is 7.59. The van der Waals surface area contributed by atoms with Gasteiger partial charge in [-0.15, -0.1) is 0 Å². The van der Waals surface area contributed by atoms with Crippen molar-refractivity contribution < 1.29 is 23.9 Å². The molecule has 5 saturated heterocycles. The Hall–Kier alpha value is -2.39. The molecule has 5 heterocycles. The lowest BCUT2D eigenvalue weighted by molar-refractivity contribution is -0.226. The summed E-state index contributed by atoms with van der Waals surface area (Å²) in [6, 6.07) is 1.51. The minimum Gasteiger partial charge on any atom is -0.365 e. The van der Waals surface area contributed by atoms with Gasteiger partial charge in [-0.2, -0.15) is 0 Å². The first kappa shape index (κ1) is 43.7. The van der Waals surface area contributed by atoms with Gasteiger partial charge in [0.25, 0.3) is 0 Å². The van der Waals surface area contributed by atoms with Crippen molar-refractivity contribution in [3.63, 3.8) is 0 Å². The van der Waals surface area contributed by atoms with Crippen molar-refractivity contribution in [1.29, 1.82) is 0 Å². The quantitative estimate of drug-likeness (QED) is 0.311. The van der Waals surface area contributed by atoms with Crippen molar-refractivity contribution in [3.8, 4) is 0 Å². The predicted octanol–water partition coefficient (Wildman–Crippen LogP) is 4.05. The van der Waals surface area contributed by atoms with Gasteiger partial charge in [-0.3, -0.25) is 19.6 Å². The van der Waals surface area contributed by atoms with Gasteiger partial charge in [-0.05, 0) is 88.0 Å². The fourth-order valence-corrected chi connectivity index (χ4v) is 9.27. The summed E-state index contributed by atoms with van der Waals surface area (Å²) in [6.07, 6.45) is 1.45. The van der Waals surface area contributed by atoms with Crippen LogP contribution in [0.3, 0.4) is 0 Å². The predicted molar refractivity (Wildman–Crippen MR) is 217 cm³/mol. The molecule has 14 heteroatoms. The van der Waals surface area contributed by atoms with Crippen LogP contribution < -0.4 is 0 Å². The molecule has 5 aliphatic rings. The Kier molecular flexibility index (Phi) is 13.4. The minimum atomic E-state index is -0.670. The number of likely N-dealkylation sites (tertiary alicyclic amines) is 3. The minimum absolute atomic E-state index is 0.0161. The first-order chi connectivity index (χ1) is 25.6. The number of nitrogens with zero attached hydrogens (tertiary/aromatic N) is 9. The fourth-order valence-electron chi connectivity index (χ4n) is 9.27. The fraction of sp³-hybridized carbons (Fsp3) is 0.927. The molecule has 6 atom stereocenters. The molecule has 6 unspecified atom stereocenters. The van der Waals surface area contributed by atoms with Gasteiger partial charge < -0.3 is 34.0 Å². The molecule has 14 nitrogen and oxygen atoms in total. The van der Waals surface area contributed by atoms with E-state index in [1.807, 2.05) is 85.3 Å². The third-order valence-electron chi connectivity index (χ3n) is 13.8. The number of morpholine rings is 1. The summed E-state index contributed by atoms with van der Waals surface area (Å²) in [5, 5.41) is 0. The number of hydrogen-bond acceptors (Lipinski definition) is 8.